The summed E-state index contributed by atoms with van der Waals surface area (Å²) in [6.07, 6.45) is 1.38. The van der Waals surface area contributed by atoms with Crippen LogP contribution in [0.1, 0.15) is 26.3 Å². The van der Waals surface area contributed by atoms with Crippen molar-refractivity contribution in [2.75, 3.05) is 6.61 Å². The molecule has 0 aliphatic carbocycles. The Bertz CT molecular complexity index is 705. The summed E-state index contributed by atoms with van der Waals surface area (Å²) in [4.78, 5) is 34.7. The quantitative estimate of drug-likeness (QED) is 0.413. The molecule has 1 aliphatic heterocycles. The Labute approximate surface area is 152 Å². The third kappa shape index (κ3) is 4.25. The maximum absolute atomic E-state index is 11.8. The van der Waals surface area contributed by atoms with Gasteiger partial charge >= 0.3 is 6.03 Å². The highest BCUT2D eigenvalue weighted by Crippen LogP contribution is 2.35. The molecule has 7 nitrogen and oxygen atoms in total. The number of ether oxygens (including phenoxy) is 2. The van der Waals surface area contributed by atoms with E-state index in [1.54, 1.807) is 12.1 Å². The molecule has 1 aliphatic rings. The molecule has 0 radical (unpaired) electrons. The highest BCUT2D eigenvalue weighted by Gasteiger charge is 2.28. The summed E-state index contributed by atoms with van der Waals surface area (Å²) in [7, 11) is 0. The van der Waals surface area contributed by atoms with Crippen molar-refractivity contribution >= 4 is 46.5 Å². The van der Waals surface area contributed by atoms with Gasteiger partial charge in [-0.2, -0.15) is 0 Å². The highest BCUT2D eigenvalue weighted by atomic mass is 127. The molecule has 0 aromatic heterocycles. The summed E-state index contributed by atoms with van der Waals surface area (Å²) < 4.78 is 12.2. The summed E-state index contributed by atoms with van der Waals surface area (Å²) in [6, 6.07) is 2.63. The molecule has 1 heterocycles. The molecule has 2 N–H and O–H groups in total. The molecular weight excluding hydrogens is 427 g/mol. The van der Waals surface area contributed by atoms with Gasteiger partial charge in [-0.15, -0.1) is 0 Å². The van der Waals surface area contributed by atoms with Crippen molar-refractivity contribution < 1.29 is 23.9 Å². The van der Waals surface area contributed by atoms with Gasteiger partial charge in [0.25, 0.3) is 11.8 Å². The molecule has 128 valence electrons. The van der Waals surface area contributed by atoms with Crippen molar-refractivity contribution in [3.63, 3.8) is 0 Å². The normalized spacial score (nSPS) is 14.4. The molecule has 1 aromatic carbocycles. The Balaban J connectivity index is 2.44. The molecule has 1 fully saturated rings. The van der Waals surface area contributed by atoms with Crippen molar-refractivity contribution in [1.29, 1.82) is 0 Å². The number of barbiturate groups is 1. The van der Waals surface area contributed by atoms with Crippen LogP contribution in [0.3, 0.4) is 0 Å². The number of amides is 4. The van der Waals surface area contributed by atoms with E-state index in [1.165, 1.54) is 6.08 Å². The molecule has 1 saturated heterocycles. The molecule has 2 rings (SSSR count). The van der Waals surface area contributed by atoms with Crippen molar-refractivity contribution in [2.45, 2.75) is 26.9 Å². The van der Waals surface area contributed by atoms with Crippen LogP contribution < -0.4 is 20.1 Å². The zero-order valence-electron chi connectivity index (χ0n) is 13.4. The average Bonchev–Trinajstić information content (AvgIpc) is 2.46. The number of halogens is 1. The number of nitrogens with one attached hydrogen (secondary N) is 2. The number of urea groups is 1. The largest absolute Gasteiger partial charge is 0.490 e. The summed E-state index contributed by atoms with van der Waals surface area (Å²) >= 11 is 2.10. The first-order valence-electron chi connectivity index (χ1n) is 7.33. The van der Waals surface area contributed by atoms with Crippen molar-refractivity contribution in [2.24, 2.45) is 0 Å². The minimum Gasteiger partial charge on any atom is -0.490 e. The molecule has 1 aromatic rings. The maximum Gasteiger partial charge on any atom is 0.328 e. The number of carbonyl (C=O) groups excluding carboxylic acids is 3. The average molecular weight is 444 g/mol. The number of imide groups is 2. The molecule has 8 heteroatoms. The van der Waals surface area contributed by atoms with Crippen LogP contribution in [0.15, 0.2) is 17.7 Å². The molecule has 0 atom stereocenters. The molecular formula is C16H17IN2O5. The first kappa shape index (κ1) is 18.2. The molecule has 0 unspecified atom stereocenters. The van der Waals surface area contributed by atoms with Crippen LogP contribution in [-0.2, 0) is 9.59 Å². The van der Waals surface area contributed by atoms with Crippen molar-refractivity contribution in [3.8, 4) is 11.5 Å². The monoisotopic (exact) mass is 444 g/mol. The predicted octanol–water partition coefficient (Wildman–Crippen LogP) is 2.23. The molecule has 0 saturated carbocycles. The summed E-state index contributed by atoms with van der Waals surface area (Å²) in [5.74, 6) is -0.335. The Morgan fingerprint density at radius 2 is 1.79 bits per heavy atom. The van der Waals surface area contributed by atoms with Gasteiger partial charge in [-0.05, 0) is 67.1 Å². The number of hydrogen-bond donors (Lipinski definition) is 2. The van der Waals surface area contributed by atoms with E-state index in [-0.39, 0.29) is 11.7 Å². The van der Waals surface area contributed by atoms with Crippen LogP contribution in [0.25, 0.3) is 6.08 Å². The van der Waals surface area contributed by atoms with E-state index in [2.05, 4.69) is 22.6 Å². The van der Waals surface area contributed by atoms with Gasteiger partial charge in [0.2, 0.25) is 0 Å². The fraction of sp³-hybridized carbons (Fsp3) is 0.312. The predicted molar refractivity (Wildman–Crippen MR) is 95.8 cm³/mol. The molecule has 0 bridgehead atoms. The van der Waals surface area contributed by atoms with Crippen LogP contribution in [-0.4, -0.2) is 30.6 Å². The number of rotatable bonds is 5. The summed E-state index contributed by atoms with van der Waals surface area (Å²) in [5.41, 5.74) is 0.444. The zero-order chi connectivity index (χ0) is 17.9. The van der Waals surface area contributed by atoms with E-state index in [0.29, 0.717) is 23.7 Å². The van der Waals surface area contributed by atoms with Crippen LogP contribution in [0.4, 0.5) is 4.79 Å². The lowest BCUT2D eigenvalue weighted by Crippen LogP contribution is -2.51. The molecule has 4 amide bonds. The third-order valence-electron chi connectivity index (χ3n) is 2.94. The Kier molecular flexibility index (Phi) is 5.81. The maximum atomic E-state index is 11.8. The van der Waals surface area contributed by atoms with Crippen LogP contribution in [0, 0.1) is 3.57 Å². The van der Waals surface area contributed by atoms with E-state index in [9.17, 15) is 14.4 Å². The van der Waals surface area contributed by atoms with Crippen LogP contribution in [0.2, 0.25) is 0 Å². The van der Waals surface area contributed by atoms with E-state index in [1.807, 2.05) is 31.4 Å². The SMILES string of the molecule is CCOc1cc(C=C2C(=O)NC(=O)NC2=O)cc(I)c1OC(C)C. The van der Waals surface area contributed by atoms with Crippen molar-refractivity contribution in [3.05, 3.63) is 26.8 Å². The van der Waals surface area contributed by atoms with Gasteiger partial charge in [0.15, 0.2) is 11.5 Å². The van der Waals surface area contributed by atoms with Crippen LogP contribution in [0.5, 0.6) is 11.5 Å². The number of carbonyl (C=O) groups is 3. The smallest absolute Gasteiger partial charge is 0.328 e. The van der Waals surface area contributed by atoms with E-state index in [0.717, 1.165) is 3.57 Å². The van der Waals surface area contributed by atoms with Crippen LogP contribution >= 0.6 is 22.6 Å². The van der Waals surface area contributed by atoms with Gasteiger partial charge in [-0.1, -0.05) is 0 Å². The first-order chi connectivity index (χ1) is 11.3. The fourth-order valence-electron chi connectivity index (χ4n) is 2.06. The van der Waals surface area contributed by atoms with E-state index in [4.69, 9.17) is 9.47 Å². The second-order valence-corrected chi connectivity index (χ2v) is 6.39. The minimum atomic E-state index is -0.826. The van der Waals surface area contributed by atoms with Gasteiger partial charge in [0.05, 0.1) is 16.3 Å². The summed E-state index contributed by atoms with van der Waals surface area (Å²) in [5, 5.41) is 4.07. The second-order valence-electron chi connectivity index (χ2n) is 5.22. The van der Waals surface area contributed by atoms with E-state index >= 15 is 0 Å². The lowest BCUT2D eigenvalue weighted by atomic mass is 10.1. The lowest BCUT2D eigenvalue weighted by Gasteiger charge is -2.17. The Morgan fingerprint density at radius 3 is 2.33 bits per heavy atom. The second kappa shape index (κ2) is 7.65. The van der Waals surface area contributed by atoms with Gasteiger partial charge in [0.1, 0.15) is 5.57 Å². The zero-order valence-corrected chi connectivity index (χ0v) is 15.6. The van der Waals surface area contributed by atoms with Crippen molar-refractivity contribution in [1.82, 2.24) is 10.6 Å². The number of hydrogen-bond acceptors (Lipinski definition) is 5. The lowest BCUT2D eigenvalue weighted by molar-refractivity contribution is -0.123. The minimum absolute atomic E-state index is 0.0251. The Morgan fingerprint density at radius 1 is 1.17 bits per heavy atom. The third-order valence-corrected chi connectivity index (χ3v) is 3.74. The summed E-state index contributed by atoms with van der Waals surface area (Å²) in [6.45, 7) is 6.12. The topological polar surface area (TPSA) is 93.7 Å². The molecule has 0 spiro atoms. The van der Waals surface area contributed by atoms with Gasteiger partial charge in [0, 0.05) is 0 Å². The van der Waals surface area contributed by atoms with Gasteiger partial charge in [-0.3, -0.25) is 20.2 Å². The first-order valence-corrected chi connectivity index (χ1v) is 8.41. The standard InChI is InChI=1S/C16H17IN2O5/c1-4-23-12-7-9(6-11(17)13(12)24-8(2)3)5-10-14(20)18-16(22)19-15(10)21/h5-8H,4H2,1-3H3,(H2,18,19,20,21,22). The van der Waals surface area contributed by atoms with Gasteiger partial charge in [-0.25, -0.2) is 4.79 Å². The highest BCUT2D eigenvalue weighted by molar-refractivity contribution is 14.1. The Hall–Kier alpha value is -2.10. The fourth-order valence-corrected chi connectivity index (χ4v) is 2.81. The number of benzene rings is 1. The van der Waals surface area contributed by atoms with E-state index < -0.39 is 17.8 Å². The molecule has 24 heavy (non-hydrogen) atoms. The van der Waals surface area contributed by atoms with Gasteiger partial charge < -0.3 is 9.47 Å².